The summed E-state index contributed by atoms with van der Waals surface area (Å²) in [6.07, 6.45) is -3.07. The number of fused-ring (bicyclic) bond motifs is 2. The highest BCUT2D eigenvalue weighted by atomic mass is 19.4. The molecule has 0 aliphatic carbocycles. The van der Waals surface area contributed by atoms with E-state index >= 15 is 0 Å². The van der Waals surface area contributed by atoms with E-state index in [-0.39, 0.29) is 31.2 Å². The van der Waals surface area contributed by atoms with E-state index in [1.54, 1.807) is 0 Å². The van der Waals surface area contributed by atoms with E-state index in [9.17, 15) is 18.0 Å². The lowest BCUT2D eigenvalue weighted by molar-refractivity contribution is -0.137. The summed E-state index contributed by atoms with van der Waals surface area (Å²) in [6, 6.07) is 10.4. The van der Waals surface area contributed by atoms with Crippen LogP contribution in [-0.2, 0) is 25.7 Å². The molecule has 0 fully saturated rings. The minimum atomic E-state index is -4.45. The Morgan fingerprint density at radius 1 is 1.14 bits per heavy atom. The Kier molecular flexibility index (Phi) is 5.70. The van der Waals surface area contributed by atoms with Gasteiger partial charge in [0.2, 0.25) is 0 Å². The van der Waals surface area contributed by atoms with Crippen LogP contribution in [0.25, 0.3) is 5.78 Å². The van der Waals surface area contributed by atoms with Crippen molar-refractivity contribution in [1.82, 2.24) is 24.1 Å². The molecule has 0 unspecified atom stereocenters. The van der Waals surface area contributed by atoms with Gasteiger partial charge in [-0.3, -0.25) is 4.98 Å². The molecule has 0 atom stereocenters. The summed E-state index contributed by atoms with van der Waals surface area (Å²) in [7, 11) is 0. The lowest BCUT2D eigenvalue weighted by atomic mass is 10.0. The van der Waals surface area contributed by atoms with E-state index in [4.69, 9.17) is 4.74 Å². The largest absolute Gasteiger partial charge is 0.492 e. The quantitative estimate of drug-likeness (QED) is 0.431. The van der Waals surface area contributed by atoms with Crippen LogP contribution in [0, 0.1) is 13.8 Å². The molecule has 1 aromatic carbocycles. The molecule has 4 heterocycles. The number of alkyl halides is 3. The summed E-state index contributed by atoms with van der Waals surface area (Å²) < 4.78 is 48.0. The number of nitrogens with zero attached hydrogens (tertiary/aromatic N) is 6. The average Bonchev–Trinajstić information content (AvgIpc) is 3.16. The van der Waals surface area contributed by atoms with E-state index in [0.29, 0.717) is 41.5 Å². The van der Waals surface area contributed by atoms with Gasteiger partial charge in [0.1, 0.15) is 18.2 Å². The zero-order valence-electron chi connectivity index (χ0n) is 19.2. The van der Waals surface area contributed by atoms with Crippen molar-refractivity contribution in [2.45, 2.75) is 39.5 Å². The van der Waals surface area contributed by atoms with E-state index in [1.807, 2.05) is 49.1 Å². The molecule has 0 amide bonds. The predicted octanol–water partition coefficient (Wildman–Crippen LogP) is 3.56. The Hall–Kier alpha value is -3.89. The van der Waals surface area contributed by atoms with Gasteiger partial charge < -0.3 is 9.64 Å². The van der Waals surface area contributed by atoms with Crippen LogP contribution in [0.1, 0.15) is 28.1 Å². The molecule has 0 saturated heterocycles. The Balaban J connectivity index is 1.42. The molecule has 1 aliphatic rings. The third-order valence-electron chi connectivity index (χ3n) is 6.22. The number of benzene rings is 1. The predicted molar refractivity (Wildman–Crippen MR) is 123 cm³/mol. The topological polar surface area (TPSA) is 77.6 Å². The Labute approximate surface area is 198 Å². The number of pyridine rings is 1. The molecule has 1 aliphatic heterocycles. The Bertz CT molecular complexity index is 1450. The third-order valence-corrected chi connectivity index (χ3v) is 6.22. The summed E-state index contributed by atoms with van der Waals surface area (Å²) in [4.78, 5) is 23.5. The highest BCUT2D eigenvalue weighted by Crippen LogP contribution is 2.32. The third kappa shape index (κ3) is 4.33. The minimum absolute atomic E-state index is 0.237. The monoisotopic (exact) mass is 484 g/mol. The second-order valence-electron chi connectivity index (χ2n) is 8.45. The van der Waals surface area contributed by atoms with Crippen LogP contribution in [0.15, 0.2) is 47.4 Å². The van der Waals surface area contributed by atoms with Crippen molar-refractivity contribution in [1.29, 1.82) is 0 Å². The highest BCUT2D eigenvalue weighted by Gasteiger charge is 2.33. The van der Waals surface area contributed by atoms with Gasteiger partial charge in [0.15, 0.2) is 0 Å². The molecule has 0 saturated carbocycles. The maximum atomic E-state index is 13.2. The van der Waals surface area contributed by atoms with Crippen molar-refractivity contribution >= 4 is 11.6 Å². The van der Waals surface area contributed by atoms with Crippen molar-refractivity contribution in [3.05, 3.63) is 81.2 Å². The number of hydrogen-bond acceptors (Lipinski definition) is 6. The lowest BCUT2D eigenvalue weighted by Crippen LogP contribution is -2.33. The molecule has 0 spiro atoms. The van der Waals surface area contributed by atoms with Crippen molar-refractivity contribution in [3.8, 4) is 5.75 Å². The van der Waals surface area contributed by atoms with E-state index in [0.717, 1.165) is 17.8 Å². The molecular formula is C24H23F3N6O2. The first-order chi connectivity index (χ1) is 16.7. The fourth-order valence-corrected chi connectivity index (χ4v) is 4.25. The maximum Gasteiger partial charge on any atom is 0.417 e. The summed E-state index contributed by atoms with van der Waals surface area (Å²) >= 11 is 0. The summed E-state index contributed by atoms with van der Waals surface area (Å²) in [5.74, 6) is 1.53. The maximum absolute atomic E-state index is 13.2. The minimum Gasteiger partial charge on any atom is -0.492 e. The van der Waals surface area contributed by atoms with Gasteiger partial charge in [-0.25, -0.2) is 13.9 Å². The first kappa shape index (κ1) is 22.9. The molecular weight excluding hydrogens is 461 g/mol. The first-order valence-electron chi connectivity index (χ1n) is 11.2. The van der Waals surface area contributed by atoms with Crippen molar-refractivity contribution in [2.75, 3.05) is 18.1 Å². The number of hydrogen-bond donors (Lipinski definition) is 0. The number of para-hydroxylation sites is 1. The summed E-state index contributed by atoms with van der Waals surface area (Å²) in [5, 5.41) is 4.38. The highest BCUT2D eigenvalue weighted by molar-refractivity contribution is 5.55. The van der Waals surface area contributed by atoms with Crippen LogP contribution in [-0.4, -0.2) is 37.3 Å². The van der Waals surface area contributed by atoms with Crippen LogP contribution >= 0.6 is 0 Å². The van der Waals surface area contributed by atoms with Crippen LogP contribution in [0.5, 0.6) is 5.75 Å². The van der Waals surface area contributed by atoms with E-state index in [2.05, 4.69) is 15.1 Å². The Morgan fingerprint density at radius 3 is 2.66 bits per heavy atom. The van der Waals surface area contributed by atoms with Gasteiger partial charge >= 0.3 is 11.9 Å². The van der Waals surface area contributed by atoms with Crippen LogP contribution in [0.2, 0.25) is 0 Å². The fraction of sp³-hybridized carbons (Fsp3) is 0.333. The van der Waals surface area contributed by atoms with Crippen LogP contribution < -0.4 is 15.3 Å². The number of ether oxygens (including phenoxy) is 1. The van der Waals surface area contributed by atoms with Gasteiger partial charge in [0, 0.05) is 42.7 Å². The van der Waals surface area contributed by atoms with Gasteiger partial charge in [0.05, 0.1) is 12.1 Å². The number of aryl methyl sites for hydroxylation is 1. The zero-order valence-corrected chi connectivity index (χ0v) is 19.2. The van der Waals surface area contributed by atoms with Crippen molar-refractivity contribution in [2.24, 2.45) is 0 Å². The molecule has 8 nitrogen and oxygen atoms in total. The first-order valence-corrected chi connectivity index (χ1v) is 11.2. The van der Waals surface area contributed by atoms with E-state index < -0.39 is 11.7 Å². The van der Waals surface area contributed by atoms with Crippen molar-refractivity contribution in [3.63, 3.8) is 0 Å². The van der Waals surface area contributed by atoms with Crippen molar-refractivity contribution < 1.29 is 17.9 Å². The molecule has 35 heavy (non-hydrogen) atoms. The average molecular weight is 484 g/mol. The van der Waals surface area contributed by atoms with Gasteiger partial charge in [-0.05, 0) is 37.6 Å². The lowest BCUT2D eigenvalue weighted by Gasteiger charge is -2.31. The normalized spacial score (nSPS) is 13.8. The van der Waals surface area contributed by atoms with E-state index in [1.165, 1.54) is 9.08 Å². The van der Waals surface area contributed by atoms with Crippen LogP contribution in [0.3, 0.4) is 0 Å². The second-order valence-corrected chi connectivity index (χ2v) is 8.45. The standard InChI is InChI=1S/C24H23F3N6O2/c1-15-16(2)33-22(30-32(23(33)34)10-11-35-19-6-4-3-5-7-19)29-21(15)31-9-8-20-17(14-31)12-18(13-28-20)24(25,26)27/h3-7,12-13H,8-11,14H2,1-2H3. The van der Waals surface area contributed by atoms with Gasteiger partial charge in [-0.15, -0.1) is 5.10 Å². The number of anilines is 1. The molecule has 0 radical (unpaired) electrons. The zero-order chi connectivity index (χ0) is 24.7. The Morgan fingerprint density at radius 2 is 1.91 bits per heavy atom. The number of aromatic nitrogens is 5. The molecule has 11 heteroatoms. The van der Waals surface area contributed by atoms with Gasteiger partial charge in [-0.1, -0.05) is 18.2 Å². The molecule has 0 N–H and O–H groups in total. The molecule has 5 rings (SSSR count). The summed E-state index contributed by atoms with van der Waals surface area (Å²) in [6.45, 7) is 4.95. The molecule has 4 aromatic rings. The van der Waals surface area contributed by atoms with Gasteiger partial charge in [0.25, 0.3) is 5.78 Å². The number of rotatable bonds is 5. The van der Waals surface area contributed by atoms with Crippen LogP contribution in [0.4, 0.5) is 19.0 Å². The SMILES string of the molecule is Cc1c(N2CCc3ncc(C(F)(F)F)cc3C2)nc2nn(CCOc3ccccc3)c(=O)n2c1C. The fourth-order valence-electron chi connectivity index (χ4n) is 4.25. The molecule has 3 aromatic heterocycles. The van der Waals surface area contributed by atoms with Gasteiger partial charge in [-0.2, -0.15) is 18.2 Å². The number of halogens is 3. The second kappa shape index (κ2) is 8.71. The smallest absolute Gasteiger partial charge is 0.417 e. The molecule has 182 valence electrons. The molecule has 0 bridgehead atoms. The summed E-state index contributed by atoms with van der Waals surface area (Å²) in [5.41, 5.74) is 1.53.